The van der Waals surface area contributed by atoms with E-state index in [2.05, 4.69) is 49.2 Å². The monoisotopic (exact) mass is 279 g/mol. The molecule has 0 bridgehead atoms. The van der Waals surface area contributed by atoms with Crippen molar-refractivity contribution in [2.75, 3.05) is 0 Å². The quantitative estimate of drug-likeness (QED) is 0.762. The predicted octanol–water partition coefficient (Wildman–Crippen LogP) is 4.82. The Morgan fingerprint density at radius 2 is 1.84 bits per heavy atom. The van der Waals surface area contributed by atoms with Crippen LogP contribution in [0.4, 0.5) is 0 Å². The summed E-state index contributed by atoms with van der Waals surface area (Å²) in [6, 6.07) is 11.4. The molecule has 19 heavy (non-hydrogen) atoms. The van der Waals surface area contributed by atoms with Crippen molar-refractivity contribution in [1.29, 1.82) is 0 Å². The summed E-state index contributed by atoms with van der Waals surface area (Å²) in [5.41, 5.74) is 1.40. The largest absolute Gasteiger partial charge is 0.305 e. The van der Waals surface area contributed by atoms with Crippen LogP contribution < -0.4 is 5.32 Å². The van der Waals surface area contributed by atoms with E-state index in [1.165, 1.54) is 37.7 Å². The van der Waals surface area contributed by atoms with Crippen LogP contribution in [0.15, 0.2) is 43.0 Å². The van der Waals surface area contributed by atoms with Crippen molar-refractivity contribution in [1.82, 2.24) is 5.32 Å². The van der Waals surface area contributed by atoms with Gasteiger partial charge in [-0.1, -0.05) is 55.7 Å². The van der Waals surface area contributed by atoms with Crippen molar-refractivity contribution in [3.63, 3.8) is 0 Å². The van der Waals surface area contributed by atoms with Gasteiger partial charge in [-0.25, -0.2) is 0 Å². The third-order valence-electron chi connectivity index (χ3n) is 4.09. The van der Waals surface area contributed by atoms with E-state index in [-0.39, 0.29) is 17.9 Å². The summed E-state index contributed by atoms with van der Waals surface area (Å²) < 4.78 is 0. The van der Waals surface area contributed by atoms with Gasteiger partial charge in [0.05, 0.1) is 0 Å². The molecule has 0 aromatic heterocycles. The van der Waals surface area contributed by atoms with Crippen LogP contribution in [-0.4, -0.2) is 6.04 Å². The van der Waals surface area contributed by atoms with Crippen molar-refractivity contribution < 1.29 is 0 Å². The Morgan fingerprint density at radius 1 is 1.21 bits per heavy atom. The lowest BCUT2D eigenvalue weighted by atomic mass is 9.85. The van der Waals surface area contributed by atoms with Crippen LogP contribution in [0.3, 0.4) is 0 Å². The second-order valence-corrected chi connectivity index (χ2v) is 5.67. The maximum absolute atomic E-state index is 3.92. The molecule has 1 N–H and O–H groups in total. The van der Waals surface area contributed by atoms with Crippen molar-refractivity contribution in [3.05, 3.63) is 48.6 Å². The Hall–Kier alpha value is -0.790. The molecule has 1 aliphatic rings. The van der Waals surface area contributed by atoms with Crippen LogP contribution in [0.2, 0.25) is 0 Å². The molecule has 2 rings (SSSR count). The van der Waals surface area contributed by atoms with Crippen molar-refractivity contribution >= 4 is 12.4 Å². The van der Waals surface area contributed by atoms with E-state index in [1.54, 1.807) is 0 Å². The fourth-order valence-electron chi connectivity index (χ4n) is 3.05. The Morgan fingerprint density at radius 3 is 2.42 bits per heavy atom. The third kappa shape index (κ3) is 4.36. The summed E-state index contributed by atoms with van der Waals surface area (Å²) in [6.07, 6.45) is 9.80. The van der Waals surface area contributed by atoms with Gasteiger partial charge in [0, 0.05) is 11.6 Å². The highest BCUT2D eigenvalue weighted by molar-refractivity contribution is 5.85. The van der Waals surface area contributed by atoms with Gasteiger partial charge in [0.25, 0.3) is 0 Å². The Labute approximate surface area is 123 Å². The predicted molar refractivity (Wildman–Crippen MR) is 85.9 cm³/mol. The molecule has 0 heterocycles. The molecule has 1 fully saturated rings. The van der Waals surface area contributed by atoms with Gasteiger partial charge in [-0.05, 0) is 31.7 Å². The maximum Gasteiger partial charge on any atom is 0.0442 e. The highest BCUT2D eigenvalue weighted by Crippen LogP contribution is 2.28. The van der Waals surface area contributed by atoms with E-state index in [0.29, 0.717) is 6.04 Å². The standard InChI is InChI=1S/C17H25N.ClH/c1-3-14-17(2,15-10-6-4-7-11-15)18-16-12-8-5-9-13-16;/h3-4,6-7,10-11,16,18H,1,5,8-9,12-14H2,2H3;1H. The lowest BCUT2D eigenvalue weighted by molar-refractivity contribution is 0.267. The molecule has 2 heteroatoms. The smallest absolute Gasteiger partial charge is 0.0442 e. The highest BCUT2D eigenvalue weighted by atomic mass is 35.5. The van der Waals surface area contributed by atoms with Crippen LogP contribution in [0.25, 0.3) is 0 Å². The van der Waals surface area contributed by atoms with Crippen LogP contribution in [0, 0.1) is 0 Å². The minimum absolute atomic E-state index is 0. The molecule has 0 aliphatic heterocycles. The van der Waals surface area contributed by atoms with Crippen LogP contribution in [-0.2, 0) is 5.54 Å². The van der Waals surface area contributed by atoms with E-state index in [1.807, 2.05) is 6.08 Å². The molecule has 1 saturated carbocycles. The topological polar surface area (TPSA) is 12.0 Å². The van der Waals surface area contributed by atoms with Gasteiger partial charge in [-0.15, -0.1) is 19.0 Å². The van der Waals surface area contributed by atoms with Gasteiger partial charge in [0.2, 0.25) is 0 Å². The Kier molecular flexibility index (Phi) is 6.60. The zero-order chi connectivity index (χ0) is 12.8. The minimum atomic E-state index is 0. The SMILES string of the molecule is C=CCC(C)(NC1CCCCC1)c1ccccc1.Cl. The number of rotatable bonds is 5. The van der Waals surface area contributed by atoms with Crippen LogP contribution in [0.1, 0.15) is 51.0 Å². The summed E-state index contributed by atoms with van der Waals surface area (Å²) in [4.78, 5) is 0. The van der Waals surface area contributed by atoms with Crippen molar-refractivity contribution in [3.8, 4) is 0 Å². The van der Waals surface area contributed by atoms with E-state index in [9.17, 15) is 0 Å². The van der Waals surface area contributed by atoms with Crippen LogP contribution >= 0.6 is 12.4 Å². The van der Waals surface area contributed by atoms with Gasteiger partial charge in [-0.3, -0.25) is 0 Å². The second-order valence-electron chi connectivity index (χ2n) is 5.67. The summed E-state index contributed by atoms with van der Waals surface area (Å²) in [7, 11) is 0. The molecule has 0 saturated heterocycles. The Bertz CT molecular complexity index is 370. The summed E-state index contributed by atoms with van der Waals surface area (Å²) in [6.45, 7) is 6.23. The van der Waals surface area contributed by atoms with E-state index in [0.717, 1.165) is 6.42 Å². The molecule has 0 spiro atoms. The normalized spacial score (nSPS) is 19.2. The van der Waals surface area contributed by atoms with Crippen molar-refractivity contribution in [2.24, 2.45) is 0 Å². The van der Waals surface area contributed by atoms with Gasteiger partial charge in [0.15, 0.2) is 0 Å². The lowest BCUT2D eigenvalue weighted by Crippen LogP contribution is -2.46. The molecule has 1 atom stereocenters. The molecular weight excluding hydrogens is 254 g/mol. The number of halogens is 1. The molecule has 0 amide bonds. The first-order valence-corrected chi connectivity index (χ1v) is 7.19. The van der Waals surface area contributed by atoms with E-state index in [4.69, 9.17) is 0 Å². The molecule has 1 aromatic carbocycles. The van der Waals surface area contributed by atoms with E-state index >= 15 is 0 Å². The van der Waals surface area contributed by atoms with Gasteiger partial charge in [0.1, 0.15) is 0 Å². The van der Waals surface area contributed by atoms with Gasteiger partial charge < -0.3 is 5.32 Å². The average Bonchev–Trinajstić information content (AvgIpc) is 2.41. The Balaban J connectivity index is 0.00000180. The van der Waals surface area contributed by atoms with Gasteiger partial charge in [-0.2, -0.15) is 0 Å². The molecule has 1 aromatic rings. The summed E-state index contributed by atoms with van der Waals surface area (Å²) in [5.74, 6) is 0. The lowest BCUT2D eigenvalue weighted by Gasteiger charge is -2.36. The number of hydrogen-bond acceptors (Lipinski definition) is 1. The van der Waals surface area contributed by atoms with E-state index < -0.39 is 0 Å². The number of hydrogen-bond donors (Lipinski definition) is 1. The first-order valence-electron chi connectivity index (χ1n) is 7.19. The molecular formula is C17H26ClN. The zero-order valence-electron chi connectivity index (χ0n) is 11.9. The molecule has 1 aliphatic carbocycles. The number of benzene rings is 1. The third-order valence-corrected chi connectivity index (χ3v) is 4.09. The molecule has 106 valence electrons. The van der Waals surface area contributed by atoms with Crippen molar-refractivity contribution in [2.45, 2.75) is 57.0 Å². The highest BCUT2D eigenvalue weighted by Gasteiger charge is 2.28. The first kappa shape index (κ1) is 16.3. The molecule has 0 radical (unpaired) electrons. The second kappa shape index (κ2) is 7.72. The number of nitrogens with one attached hydrogen (secondary N) is 1. The summed E-state index contributed by atoms with van der Waals surface area (Å²) in [5, 5.41) is 3.88. The molecule has 1 unspecified atom stereocenters. The van der Waals surface area contributed by atoms with Crippen LogP contribution in [0.5, 0.6) is 0 Å². The average molecular weight is 280 g/mol. The first-order chi connectivity index (χ1) is 8.74. The summed E-state index contributed by atoms with van der Waals surface area (Å²) >= 11 is 0. The zero-order valence-corrected chi connectivity index (χ0v) is 12.7. The maximum atomic E-state index is 3.92. The fraction of sp³-hybridized carbons (Fsp3) is 0.529. The van der Waals surface area contributed by atoms with Gasteiger partial charge >= 0.3 is 0 Å². The minimum Gasteiger partial charge on any atom is -0.305 e. The molecule has 1 nitrogen and oxygen atoms in total. The fourth-order valence-corrected chi connectivity index (χ4v) is 3.05.